The Morgan fingerprint density at radius 2 is 1.81 bits per heavy atom. The number of benzene rings is 2. The van der Waals surface area contributed by atoms with Crippen LogP contribution < -0.4 is 0 Å². The van der Waals surface area contributed by atoms with Gasteiger partial charge < -0.3 is 4.57 Å². The number of alkyl halides is 3. The van der Waals surface area contributed by atoms with Crippen LogP contribution in [0.3, 0.4) is 0 Å². The molecule has 0 N–H and O–H groups in total. The van der Waals surface area contributed by atoms with Crippen LogP contribution in [0.25, 0.3) is 10.9 Å². The molecular formula is C24H22F5IN2. The molecule has 4 rings (SSSR count). The number of halogens is 6. The zero-order valence-electron chi connectivity index (χ0n) is 17.6. The number of rotatable bonds is 4. The highest BCUT2D eigenvalue weighted by Crippen LogP contribution is 2.46. The summed E-state index contributed by atoms with van der Waals surface area (Å²) in [5.74, 6) is -1.70. The van der Waals surface area contributed by atoms with E-state index in [0.717, 1.165) is 28.6 Å². The Bertz CT molecular complexity index is 1160. The average molecular weight is 560 g/mol. The zero-order valence-corrected chi connectivity index (χ0v) is 19.7. The van der Waals surface area contributed by atoms with Crippen LogP contribution in [0.5, 0.6) is 0 Å². The van der Waals surface area contributed by atoms with E-state index in [4.69, 9.17) is 0 Å². The summed E-state index contributed by atoms with van der Waals surface area (Å²) in [6, 6.07) is 7.71. The minimum atomic E-state index is -4.53. The van der Waals surface area contributed by atoms with Crippen LogP contribution in [-0.4, -0.2) is 28.2 Å². The Balaban J connectivity index is 2.10. The molecule has 0 unspecified atom stereocenters. The van der Waals surface area contributed by atoms with Gasteiger partial charge in [-0.05, 0) is 66.6 Å². The maximum Gasteiger partial charge on any atom is 0.401 e. The predicted octanol–water partition coefficient (Wildman–Crippen LogP) is 7.17. The van der Waals surface area contributed by atoms with Crippen LogP contribution in [0.15, 0.2) is 49.1 Å². The molecule has 2 aromatic carbocycles. The molecule has 1 aromatic heterocycles. The standard InChI is InChI=1S/C24H22F5IN2/c1-4-13(2)32-20-8-6-5-7-16(20)17-9-14(3)31(12-24(27,28)29)23(22(17)32)21-18(25)10-15(30)11-19(21)26/h4-8,10-11,13-14,23H,1,9,12H2,2-3H3/t13-,14+,23+/m0/s1. The van der Waals surface area contributed by atoms with E-state index < -0.39 is 36.4 Å². The van der Waals surface area contributed by atoms with Gasteiger partial charge in [0.25, 0.3) is 0 Å². The summed E-state index contributed by atoms with van der Waals surface area (Å²) >= 11 is 1.79. The molecule has 3 atom stereocenters. The third kappa shape index (κ3) is 3.96. The van der Waals surface area contributed by atoms with Crippen LogP contribution >= 0.6 is 22.6 Å². The number of hydrogen-bond donors (Lipinski definition) is 0. The molecule has 0 spiro atoms. The molecule has 1 aliphatic heterocycles. The molecule has 0 amide bonds. The van der Waals surface area contributed by atoms with Gasteiger partial charge >= 0.3 is 6.18 Å². The first kappa shape index (κ1) is 23.2. The van der Waals surface area contributed by atoms with Crippen molar-refractivity contribution in [3.63, 3.8) is 0 Å². The second-order valence-corrected chi connectivity index (χ2v) is 9.50. The molecule has 32 heavy (non-hydrogen) atoms. The molecule has 2 heterocycles. The van der Waals surface area contributed by atoms with Crippen molar-refractivity contribution in [3.8, 4) is 0 Å². The van der Waals surface area contributed by atoms with Crippen molar-refractivity contribution in [1.29, 1.82) is 0 Å². The Hall–Kier alpha value is -1.94. The van der Waals surface area contributed by atoms with Crippen molar-refractivity contribution in [2.45, 2.75) is 44.6 Å². The number of hydrogen-bond acceptors (Lipinski definition) is 1. The van der Waals surface area contributed by atoms with Gasteiger partial charge in [-0.25, -0.2) is 8.78 Å². The number of nitrogens with zero attached hydrogens (tertiary/aromatic N) is 2. The van der Waals surface area contributed by atoms with E-state index in [1.54, 1.807) is 35.6 Å². The SMILES string of the molecule is C=C[C@H](C)n1c2c(c3ccccc31)C[C@@H](C)N(CC(F)(F)F)[C@@H]2c1c(F)cc(I)cc1F. The fourth-order valence-corrected chi connectivity index (χ4v) is 5.35. The minimum Gasteiger partial charge on any atom is -0.336 e. The third-order valence-corrected chi connectivity index (χ3v) is 6.76. The smallest absolute Gasteiger partial charge is 0.336 e. The van der Waals surface area contributed by atoms with Crippen molar-refractivity contribution in [2.75, 3.05) is 6.54 Å². The Labute approximate surface area is 196 Å². The van der Waals surface area contributed by atoms with Gasteiger partial charge in [0.15, 0.2) is 0 Å². The molecule has 170 valence electrons. The van der Waals surface area contributed by atoms with Gasteiger partial charge in [0, 0.05) is 37.8 Å². The van der Waals surface area contributed by atoms with Crippen molar-refractivity contribution in [1.82, 2.24) is 9.47 Å². The summed E-state index contributed by atoms with van der Waals surface area (Å²) in [7, 11) is 0. The zero-order chi connectivity index (χ0) is 23.4. The lowest BCUT2D eigenvalue weighted by Crippen LogP contribution is -2.48. The van der Waals surface area contributed by atoms with Crippen molar-refractivity contribution in [2.24, 2.45) is 0 Å². The van der Waals surface area contributed by atoms with Crippen molar-refractivity contribution in [3.05, 3.63) is 81.1 Å². The summed E-state index contributed by atoms with van der Waals surface area (Å²) < 4.78 is 73.5. The third-order valence-electron chi connectivity index (χ3n) is 6.14. The van der Waals surface area contributed by atoms with Crippen molar-refractivity contribution >= 4 is 33.5 Å². The number of allylic oxidation sites excluding steroid dienone is 1. The number of aromatic nitrogens is 1. The highest BCUT2D eigenvalue weighted by molar-refractivity contribution is 14.1. The molecule has 0 fully saturated rings. The lowest BCUT2D eigenvalue weighted by atomic mass is 9.87. The highest BCUT2D eigenvalue weighted by Gasteiger charge is 2.45. The van der Waals surface area contributed by atoms with Crippen LogP contribution in [0.1, 0.15) is 42.8 Å². The number of para-hydroxylation sites is 1. The van der Waals surface area contributed by atoms with Gasteiger partial charge in [0.2, 0.25) is 0 Å². The van der Waals surface area contributed by atoms with E-state index in [1.807, 2.05) is 35.8 Å². The normalized spacial score (nSPS) is 20.4. The molecule has 8 heteroatoms. The van der Waals surface area contributed by atoms with E-state index >= 15 is 8.78 Å². The second kappa shape index (κ2) is 8.44. The van der Waals surface area contributed by atoms with Gasteiger partial charge in [-0.1, -0.05) is 24.3 Å². The largest absolute Gasteiger partial charge is 0.401 e. The monoisotopic (exact) mass is 560 g/mol. The van der Waals surface area contributed by atoms with E-state index in [9.17, 15) is 13.2 Å². The second-order valence-electron chi connectivity index (χ2n) is 8.25. The Morgan fingerprint density at radius 3 is 2.41 bits per heavy atom. The van der Waals surface area contributed by atoms with E-state index in [0.29, 0.717) is 15.7 Å². The van der Waals surface area contributed by atoms with Crippen molar-refractivity contribution < 1.29 is 22.0 Å². The molecular weight excluding hydrogens is 538 g/mol. The molecule has 0 bridgehead atoms. The maximum atomic E-state index is 15.2. The van der Waals surface area contributed by atoms with Crippen LogP contribution in [0.2, 0.25) is 0 Å². The first-order valence-corrected chi connectivity index (χ1v) is 11.3. The molecule has 0 aliphatic carbocycles. The van der Waals surface area contributed by atoms with Crippen LogP contribution in [-0.2, 0) is 6.42 Å². The van der Waals surface area contributed by atoms with Gasteiger partial charge in [0.1, 0.15) is 11.6 Å². The average Bonchev–Trinajstić information content (AvgIpc) is 3.02. The molecule has 0 radical (unpaired) electrons. The number of fused-ring (bicyclic) bond motifs is 3. The predicted molar refractivity (Wildman–Crippen MR) is 124 cm³/mol. The Kier molecular flexibility index (Phi) is 6.13. The first-order chi connectivity index (χ1) is 15.0. The highest BCUT2D eigenvalue weighted by atomic mass is 127. The summed E-state index contributed by atoms with van der Waals surface area (Å²) in [5, 5.41) is 0.881. The van der Waals surface area contributed by atoms with E-state index in [2.05, 4.69) is 6.58 Å². The molecule has 2 nitrogen and oxygen atoms in total. The molecule has 0 saturated carbocycles. The molecule has 0 saturated heterocycles. The summed E-state index contributed by atoms with van der Waals surface area (Å²) in [5.41, 5.74) is 1.76. The van der Waals surface area contributed by atoms with Crippen LogP contribution in [0.4, 0.5) is 22.0 Å². The fraction of sp³-hybridized carbons (Fsp3) is 0.333. The van der Waals surface area contributed by atoms with Gasteiger partial charge in [0.05, 0.1) is 12.6 Å². The summed E-state index contributed by atoms with van der Waals surface area (Å²) in [6.07, 6.45) is -2.51. The Morgan fingerprint density at radius 1 is 1.19 bits per heavy atom. The van der Waals surface area contributed by atoms with E-state index in [-0.39, 0.29) is 11.6 Å². The lowest BCUT2D eigenvalue weighted by Gasteiger charge is -2.42. The molecule has 1 aliphatic rings. The maximum absolute atomic E-state index is 15.2. The first-order valence-electron chi connectivity index (χ1n) is 10.2. The van der Waals surface area contributed by atoms with Gasteiger partial charge in [-0.15, -0.1) is 6.58 Å². The topological polar surface area (TPSA) is 8.17 Å². The summed E-state index contributed by atoms with van der Waals surface area (Å²) in [4.78, 5) is 1.17. The van der Waals surface area contributed by atoms with Crippen LogP contribution in [0, 0.1) is 15.2 Å². The quantitative estimate of drug-likeness (QED) is 0.187. The lowest BCUT2D eigenvalue weighted by molar-refractivity contribution is -0.156. The minimum absolute atomic E-state index is 0.290. The fourth-order valence-electron chi connectivity index (χ4n) is 4.80. The summed E-state index contributed by atoms with van der Waals surface area (Å²) in [6.45, 7) is 6.11. The molecule has 3 aromatic rings. The van der Waals surface area contributed by atoms with Gasteiger partial charge in [-0.3, -0.25) is 4.90 Å². The van der Waals surface area contributed by atoms with E-state index in [1.165, 1.54) is 4.90 Å². The van der Waals surface area contributed by atoms with Gasteiger partial charge in [-0.2, -0.15) is 13.2 Å².